The summed E-state index contributed by atoms with van der Waals surface area (Å²) < 4.78 is 38.0. The topological polar surface area (TPSA) is 38.8 Å². The number of hydrogen-bond donors (Lipinski definition) is 0. The summed E-state index contributed by atoms with van der Waals surface area (Å²) in [5.74, 6) is -0.154. The Hall–Kier alpha value is -2.57. The molecular formula is C28H35F2NO3. The van der Waals surface area contributed by atoms with E-state index in [1.165, 1.54) is 24.3 Å². The van der Waals surface area contributed by atoms with Crippen LogP contribution < -0.4 is 0 Å². The van der Waals surface area contributed by atoms with E-state index < -0.39 is 0 Å². The summed E-state index contributed by atoms with van der Waals surface area (Å²) in [5, 5.41) is 0. The van der Waals surface area contributed by atoms with Crippen molar-refractivity contribution in [3.63, 3.8) is 0 Å². The van der Waals surface area contributed by atoms with Crippen molar-refractivity contribution in [2.45, 2.75) is 45.6 Å². The molecule has 0 N–H and O–H groups in total. The van der Waals surface area contributed by atoms with Gasteiger partial charge in [0.05, 0.1) is 13.2 Å². The fourth-order valence-corrected chi connectivity index (χ4v) is 4.32. The molecule has 0 spiro atoms. The molecule has 34 heavy (non-hydrogen) atoms. The smallest absolute Gasteiger partial charge is 0.333 e. The van der Waals surface area contributed by atoms with Crippen LogP contribution in [0.1, 0.15) is 56.8 Å². The van der Waals surface area contributed by atoms with Crippen LogP contribution in [0.25, 0.3) is 0 Å². The molecule has 1 saturated heterocycles. The average Bonchev–Trinajstić information content (AvgIpc) is 2.84. The Labute approximate surface area is 201 Å². The summed E-state index contributed by atoms with van der Waals surface area (Å²) in [4.78, 5) is 14.1. The Bertz CT molecular complexity index is 874. The molecule has 2 aromatic carbocycles. The van der Waals surface area contributed by atoms with E-state index in [0.29, 0.717) is 24.7 Å². The van der Waals surface area contributed by atoms with Gasteiger partial charge < -0.3 is 14.4 Å². The zero-order valence-electron chi connectivity index (χ0n) is 20.1. The quantitative estimate of drug-likeness (QED) is 0.294. The lowest BCUT2D eigenvalue weighted by Gasteiger charge is -2.32. The molecule has 2 aromatic rings. The second-order valence-electron chi connectivity index (χ2n) is 8.82. The summed E-state index contributed by atoms with van der Waals surface area (Å²) in [6.45, 7) is 7.42. The molecule has 1 heterocycles. The molecule has 0 bridgehead atoms. The third-order valence-corrected chi connectivity index (χ3v) is 6.37. The van der Waals surface area contributed by atoms with Gasteiger partial charge in [-0.25, -0.2) is 13.6 Å². The van der Waals surface area contributed by atoms with E-state index in [1.54, 1.807) is 24.3 Å². The highest BCUT2D eigenvalue weighted by molar-refractivity contribution is 5.87. The zero-order valence-corrected chi connectivity index (χ0v) is 20.1. The Morgan fingerprint density at radius 1 is 1.03 bits per heavy atom. The molecule has 1 aliphatic heterocycles. The van der Waals surface area contributed by atoms with Crippen LogP contribution in [0.15, 0.2) is 60.2 Å². The minimum absolute atomic E-state index is 0.225. The number of esters is 1. The van der Waals surface area contributed by atoms with E-state index in [4.69, 9.17) is 9.47 Å². The summed E-state index contributed by atoms with van der Waals surface area (Å²) in [5.41, 5.74) is 2.38. The number of nitrogens with zero attached hydrogens (tertiary/aromatic N) is 1. The van der Waals surface area contributed by atoms with Gasteiger partial charge in [0.15, 0.2) is 0 Å². The highest BCUT2D eigenvalue weighted by atomic mass is 19.1. The molecule has 4 nitrogen and oxygen atoms in total. The number of carbonyl (C=O) groups is 1. The van der Waals surface area contributed by atoms with Crippen molar-refractivity contribution < 1.29 is 23.0 Å². The van der Waals surface area contributed by atoms with Crippen molar-refractivity contribution in [2.24, 2.45) is 5.92 Å². The molecule has 0 aromatic heterocycles. The summed E-state index contributed by atoms with van der Waals surface area (Å²) in [6, 6.07) is 12.5. The van der Waals surface area contributed by atoms with Crippen molar-refractivity contribution in [1.82, 2.24) is 4.90 Å². The van der Waals surface area contributed by atoms with Crippen molar-refractivity contribution in [2.75, 3.05) is 32.8 Å². The van der Waals surface area contributed by atoms with Crippen LogP contribution in [0.5, 0.6) is 0 Å². The molecule has 0 radical (unpaired) electrons. The van der Waals surface area contributed by atoms with Crippen LogP contribution in [0.2, 0.25) is 0 Å². The van der Waals surface area contributed by atoms with Crippen molar-refractivity contribution in [1.29, 1.82) is 0 Å². The minimum Gasteiger partial charge on any atom is -0.463 e. The third-order valence-electron chi connectivity index (χ3n) is 6.37. The van der Waals surface area contributed by atoms with E-state index in [-0.39, 0.29) is 23.7 Å². The molecule has 0 amide bonds. The first-order valence-electron chi connectivity index (χ1n) is 12.1. The lowest BCUT2D eigenvalue weighted by Crippen LogP contribution is -2.36. The molecule has 184 valence electrons. The minimum atomic E-state index is -0.367. The molecule has 0 unspecified atom stereocenters. The number of carbonyl (C=O) groups excluding carboxylic acids is 1. The summed E-state index contributed by atoms with van der Waals surface area (Å²) >= 11 is 0. The highest BCUT2D eigenvalue weighted by Crippen LogP contribution is 2.27. The average molecular weight is 472 g/mol. The van der Waals surface area contributed by atoms with E-state index in [0.717, 1.165) is 56.4 Å². The van der Waals surface area contributed by atoms with E-state index in [2.05, 4.69) is 4.90 Å². The number of rotatable bonds is 11. The Kier molecular flexibility index (Phi) is 10.2. The Balaban J connectivity index is 1.45. The molecule has 1 aliphatic rings. The maximum atomic E-state index is 13.4. The van der Waals surface area contributed by atoms with Crippen molar-refractivity contribution in [3.05, 3.63) is 82.9 Å². The van der Waals surface area contributed by atoms with E-state index in [1.807, 2.05) is 19.9 Å². The Morgan fingerprint density at radius 3 is 2.12 bits per heavy atom. The number of hydrogen-bond acceptors (Lipinski definition) is 4. The lowest BCUT2D eigenvalue weighted by atomic mass is 9.92. The van der Waals surface area contributed by atoms with Gasteiger partial charge in [-0.3, -0.25) is 0 Å². The summed E-state index contributed by atoms with van der Waals surface area (Å²) in [7, 11) is 0. The number of likely N-dealkylation sites (tertiary alicyclic amines) is 1. The predicted octanol–water partition coefficient (Wildman–Crippen LogP) is 6.07. The van der Waals surface area contributed by atoms with Gasteiger partial charge in [-0.1, -0.05) is 30.3 Å². The number of halogens is 2. The molecular weight excluding hydrogens is 436 g/mol. The Morgan fingerprint density at radius 2 is 1.59 bits per heavy atom. The third kappa shape index (κ3) is 8.03. The highest BCUT2D eigenvalue weighted by Gasteiger charge is 2.20. The number of ether oxygens (including phenoxy) is 2. The van der Waals surface area contributed by atoms with Crippen LogP contribution >= 0.6 is 0 Å². The van der Waals surface area contributed by atoms with E-state index >= 15 is 0 Å². The zero-order chi connectivity index (χ0) is 24.3. The maximum absolute atomic E-state index is 13.4. The molecule has 0 aliphatic carbocycles. The predicted molar refractivity (Wildman–Crippen MR) is 129 cm³/mol. The normalized spacial score (nSPS) is 15.6. The molecule has 3 rings (SSSR count). The van der Waals surface area contributed by atoms with Gasteiger partial charge in [0.1, 0.15) is 17.7 Å². The van der Waals surface area contributed by atoms with Crippen LogP contribution in [0.3, 0.4) is 0 Å². The van der Waals surface area contributed by atoms with Gasteiger partial charge in [0.25, 0.3) is 0 Å². The van der Waals surface area contributed by atoms with Gasteiger partial charge >= 0.3 is 5.97 Å². The first-order chi connectivity index (χ1) is 16.5. The largest absolute Gasteiger partial charge is 0.463 e. The molecule has 1 fully saturated rings. The number of piperidine rings is 1. The lowest BCUT2D eigenvalue weighted by molar-refractivity contribution is -0.138. The van der Waals surface area contributed by atoms with Gasteiger partial charge in [0, 0.05) is 12.1 Å². The fraction of sp³-hybridized carbons (Fsp3) is 0.464. The first kappa shape index (κ1) is 26.0. The first-order valence-corrected chi connectivity index (χ1v) is 12.1. The van der Waals surface area contributed by atoms with Gasteiger partial charge in [-0.05, 0) is 93.9 Å². The van der Waals surface area contributed by atoms with Crippen LogP contribution in [0, 0.1) is 17.6 Å². The fourth-order valence-electron chi connectivity index (χ4n) is 4.32. The van der Waals surface area contributed by atoms with Crippen LogP contribution in [-0.4, -0.2) is 43.7 Å². The molecule has 0 saturated carbocycles. The van der Waals surface area contributed by atoms with Gasteiger partial charge in [-0.15, -0.1) is 0 Å². The monoisotopic (exact) mass is 471 g/mol. The molecule has 6 heteroatoms. The second-order valence-corrected chi connectivity index (χ2v) is 8.82. The van der Waals surface area contributed by atoms with Crippen molar-refractivity contribution in [3.8, 4) is 0 Å². The van der Waals surface area contributed by atoms with Crippen LogP contribution in [-0.2, 0) is 14.3 Å². The van der Waals surface area contributed by atoms with Crippen LogP contribution in [0.4, 0.5) is 8.78 Å². The standard InChI is InChI=1S/C28H35F2NO3/c1-3-33-28(32)21(2)5-4-6-22-15-17-31(18-16-22)19-20-34-27(23-7-11-25(29)12-8-23)24-9-13-26(30)14-10-24/h5,7-14,22,27H,3-4,6,15-20H2,1-2H3/b21-5+. The van der Waals surface area contributed by atoms with Gasteiger partial charge in [0.2, 0.25) is 0 Å². The van der Waals surface area contributed by atoms with Gasteiger partial charge in [-0.2, -0.15) is 0 Å². The van der Waals surface area contributed by atoms with E-state index in [9.17, 15) is 13.6 Å². The molecule has 0 atom stereocenters. The number of allylic oxidation sites excluding steroid dienone is 1. The van der Waals surface area contributed by atoms with Crippen molar-refractivity contribution >= 4 is 5.97 Å². The number of benzene rings is 2. The maximum Gasteiger partial charge on any atom is 0.333 e. The SMILES string of the molecule is CCOC(=O)/C(C)=C/CCC1CCN(CCOC(c2ccc(F)cc2)c2ccc(F)cc2)CC1. The summed E-state index contributed by atoms with van der Waals surface area (Å²) in [6.07, 6.45) is 5.86. The second kappa shape index (κ2) is 13.4.